The van der Waals surface area contributed by atoms with E-state index < -0.39 is 15.9 Å². The van der Waals surface area contributed by atoms with Crippen LogP contribution in [0.25, 0.3) is 0 Å². The first kappa shape index (κ1) is 21.6. The molecule has 1 fully saturated rings. The van der Waals surface area contributed by atoms with Crippen LogP contribution in [0.2, 0.25) is 5.02 Å². The molecule has 1 aliphatic heterocycles. The van der Waals surface area contributed by atoms with Crippen LogP contribution in [0.1, 0.15) is 16.1 Å². The van der Waals surface area contributed by atoms with Crippen molar-refractivity contribution in [2.45, 2.75) is 11.4 Å². The van der Waals surface area contributed by atoms with Crippen LogP contribution in [-0.4, -0.2) is 59.3 Å². The number of carbonyl (C=O) groups is 1. The van der Waals surface area contributed by atoms with Gasteiger partial charge >= 0.3 is 0 Å². The highest BCUT2D eigenvalue weighted by Crippen LogP contribution is 2.21. The number of hydrogen-bond acceptors (Lipinski definition) is 5. The Balaban J connectivity index is 1.53. The molecule has 2 aromatic heterocycles. The number of sulfonamides is 1. The van der Waals surface area contributed by atoms with E-state index >= 15 is 0 Å². The second kappa shape index (κ2) is 8.83. The average Bonchev–Trinajstić information content (AvgIpc) is 3.37. The number of benzene rings is 1. The lowest BCUT2D eigenvalue weighted by Gasteiger charge is -2.25. The van der Waals surface area contributed by atoms with Crippen molar-refractivity contribution in [3.8, 4) is 0 Å². The van der Waals surface area contributed by atoms with Crippen molar-refractivity contribution in [1.82, 2.24) is 18.7 Å². The lowest BCUT2D eigenvalue weighted by molar-refractivity contribution is 0.0730. The van der Waals surface area contributed by atoms with E-state index in [-0.39, 0.29) is 10.6 Å². The highest BCUT2D eigenvalue weighted by Gasteiger charge is 2.29. The standard InChI is InChI=1S/C20H22ClN5O4S/c1-24-14-16(31(28,29)25-8-10-30-11-9-25)12-18(24)20(27)23-19-6-7-22-26(19)13-15-4-2-3-5-17(15)21/h2-7,12,14H,8-11,13H2,1H3,(H,23,27). The summed E-state index contributed by atoms with van der Waals surface area (Å²) >= 11 is 6.22. The summed E-state index contributed by atoms with van der Waals surface area (Å²) in [5.41, 5.74) is 1.08. The van der Waals surface area contributed by atoms with Crippen molar-refractivity contribution in [1.29, 1.82) is 0 Å². The Morgan fingerprint density at radius 2 is 1.97 bits per heavy atom. The Morgan fingerprint density at radius 3 is 2.71 bits per heavy atom. The number of halogens is 1. The number of nitrogens with zero attached hydrogens (tertiary/aromatic N) is 4. The molecule has 1 N–H and O–H groups in total. The summed E-state index contributed by atoms with van der Waals surface area (Å²) in [4.78, 5) is 13.0. The fourth-order valence-electron chi connectivity index (χ4n) is 3.37. The summed E-state index contributed by atoms with van der Waals surface area (Å²) in [7, 11) is -2.06. The molecule has 0 bridgehead atoms. The monoisotopic (exact) mass is 463 g/mol. The van der Waals surface area contributed by atoms with Crippen LogP contribution in [0.15, 0.2) is 53.7 Å². The molecule has 3 aromatic rings. The molecule has 1 amide bonds. The first-order valence-corrected chi connectivity index (χ1v) is 11.5. The van der Waals surface area contributed by atoms with E-state index in [0.717, 1.165) is 5.56 Å². The van der Waals surface area contributed by atoms with Gasteiger partial charge in [-0.05, 0) is 17.7 Å². The topological polar surface area (TPSA) is 98.5 Å². The molecule has 1 aromatic carbocycles. The smallest absolute Gasteiger partial charge is 0.273 e. The van der Waals surface area contributed by atoms with Crippen molar-refractivity contribution in [3.63, 3.8) is 0 Å². The van der Waals surface area contributed by atoms with Crippen molar-refractivity contribution >= 4 is 33.3 Å². The number of aryl methyl sites for hydroxylation is 1. The first-order chi connectivity index (χ1) is 14.9. The van der Waals surface area contributed by atoms with Crippen molar-refractivity contribution in [2.24, 2.45) is 7.05 Å². The minimum absolute atomic E-state index is 0.0756. The molecule has 0 unspecified atom stereocenters. The van der Waals surface area contributed by atoms with Crippen molar-refractivity contribution in [2.75, 3.05) is 31.6 Å². The lowest BCUT2D eigenvalue weighted by atomic mass is 10.2. The highest BCUT2D eigenvalue weighted by molar-refractivity contribution is 7.89. The Kier molecular flexibility index (Phi) is 6.15. The molecule has 0 radical (unpaired) electrons. The quantitative estimate of drug-likeness (QED) is 0.604. The van der Waals surface area contributed by atoms with Crippen LogP contribution in [0, 0.1) is 0 Å². The zero-order valence-corrected chi connectivity index (χ0v) is 18.4. The van der Waals surface area contributed by atoms with Crippen LogP contribution in [0.4, 0.5) is 5.82 Å². The third-order valence-corrected chi connectivity index (χ3v) is 7.29. The molecule has 4 rings (SSSR count). The van der Waals surface area contributed by atoms with Crippen LogP contribution in [0.3, 0.4) is 0 Å². The molecule has 0 atom stereocenters. The largest absolute Gasteiger partial charge is 0.379 e. The van der Waals surface area contributed by atoms with Gasteiger partial charge in [0, 0.05) is 37.4 Å². The van der Waals surface area contributed by atoms with E-state index in [2.05, 4.69) is 10.4 Å². The molecule has 0 saturated carbocycles. The summed E-state index contributed by atoms with van der Waals surface area (Å²) in [6.45, 7) is 1.68. The molecular formula is C20H22ClN5O4S. The van der Waals surface area contributed by atoms with Gasteiger partial charge in [-0.2, -0.15) is 9.40 Å². The highest BCUT2D eigenvalue weighted by atomic mass is 35.5. The molecule has 164 valence electrons. The van der Waals surface area contributed by atoms with Gasteiger partial charge in [0.05, 0.1) is 26.0 Å². The third-order valence-electron chi connectivity index (χ3n) is 5.06. The van der Waals surface area contributed by atoms with E-state index in [1.807, 2.05) is 18.2 Å². The number of carbonyl (C=O) groups excluding carboxylic acids is 1. The summed E-state index contributed by atoms with van der Waals surface area (Å²) in [5, 5.41) is 7.66. The minimum Gasteiger partial charge on any atom is -0.379 e. The van der Waals surface area contributed by atoms with Gasteiger partial charge in [0.1, 0.15) is 16.4 Å². The first-order valence-electron chi connectivity index (χ1n) is 9.67. The van der Waals surface area contributed by atoms with Gasteiger partial charge in [-0.25, -0.2) is 13.1 Å². The lowest BCUT2D eigenvalue weighted by Crippen LogP contribution is -2.40. The molecule has 0 aliphatic carbocycles. The molecule has 0 spiro atoms. The Labute approximate surface area is 185 Å². The van der Waals surface area contributed by atoms with E-state index in [1.54, 1.807) is 30.1 Å². The van der Waals surface area contributed by atoms with Gasteiger partial charge < -0.3 is 14.6 Å². The molecule has 1 aliphatic rings. The number of hydrogen-bond donors (Lipinski definition) is 1. The zero-order valence-electron chi connectivity index (χ0n) is 16.9. The average molecular weight is 464 g/mol. The Morgan fingerprint density at radius 1 is 1.23 bits per heavy atom. The van der Waals surface area contributed by atoms with Crippen molar-refractivity contribution < 1.29 is 17.9 Å². The van der Waals surface area contributed by atoms with Crippen molar-refractivity contribution in [3.05, 3.63) is 65.1 Å². The maximum Gasteiger partial charge on any atom is 0.273 e. The number of morpholine rings is 1. The van der Waals surface area contributed by atoms with Gasteiger partial charge in [0.2, 0.25) is 10.0 Å². The molecule has 11 heteroatoms. The number of rotatable bonds is 6. The zero-order chi connectivity index (χ0) is 22.0. The molecule has 31 heavy (non-hydrogen) atoms. The van der Waals surface area contributed by atoms with E-state index in [9.17, 15) is 13.2 Å². The second-order valence-electron chi connectivity index (χ2n) is 7.11. The van der Waals surface area contributed by atoms with Gasteiger partial charge in [0.25, 0.3) is 5.91 Å². The maximum atomic E-state index is 12.9. The van der Waals surface area contributed by atoms with Crippen LogP contribution >= 0.6 is 11.6 Å². The van der Waals surface area contributed by atoms with E-state index in [1.165, 1.54) is 21.1 Å². The number of aromatic nitrogens is 3. The number of nitrogens with one attached hydrogen (secondary N) is 1. The molecular weight excluding hydrogens is 442 g/mol. The van der Waals surface area contributed by atoms with E-state index in [0.29, 0.717) is 43.7 Å². The van der Waals surface area contributed by atoms with Gasteiger partial charge in [-0.15, -0.1) is 0 Å². The molecule has 3 heterocycles. The third kappa shape index (κ3) is 4.52. The fraction of sp³-hybridized carbons (Fsp3) is 0.300. The van der Waals surface area contributed by atoms with Crippen LogP contribution in [0.5, 0.6) is 0 Å². The normalized spacial score (nSPS) is 15.2. The van der Waals surface area contributed by atoms with Crippen LogP contribution < -0.4 is 5.32 Å². The second-order valence-corrected chi connectivity index (χ2v) is 9.45. The summed E-state index contributed by atoms with van der Waals surface area (Å²) in [6, 6.07) is 10.4. The summed E-state index contributed by atoms with van der Waals surface area (Å²) < 4.78 is 35.5. The number of anilines is 1. The Bertz CT molecular complexity index is 1200. The minimum atomic E-state index is -3.69. The predicted molar refractivity (Wildman–Crippen MR) is 116 cm³/mol. The number of ether oxygens (including phenoxy) is 1. The SMILES string of the molecule is Cn1cc(S(=O)(=O)N2CCOCC2)cc1C(=O)Nc1ccnn1Cc1ccccc1Cl. The maximum absolute atomic E-state index is 12.9. The van der Waals surface area contributed by atoms with Crippen LogP contribution in [-0.2, 0) is 28.4 Å². The fourth-order valence-corrected chi connectivity index (χ4v) is 5.05. The predicted octanol–water partition coefficient (Wildman–Crippen LogP) is 2.20. The number of amides is 1. The van der Waals surface area contributed by atoms with E-state index in [4.69, 9.17) is 16.3 Å². The Hall–Kier alpha value is -2.66. The molecule has 9 nitrogen and oxygen atoms in total. The van der Waals surface area contributed by atoms with Gasteiger partial charge in [0.15, 0.2) is 0 Å². The van der Waals surface area contributed by atoms with Gasteiger partial charge in [-0.3, -0.25) is 4.79 Å². The molecule has 1 saturated heterocycles. The summed E-state index contributed by atoms with van der Waals surface area (Å²) in [6.07, 6.45) is 3.02. The van der Waals surface area contributed by atoms with Gasteiger partial charge in [-0.1, -0.05) is 29.8 Å². The summed E-state index contributed by atoms with van der Waals surface area (Å²) in [5.74, 6) is 0.0375.